The third kappa shape index (κ3) is 4.34. The highest BCUT2D eigenvalue weighted by atomic mass is 16.5. The highest BCUT2D eigenvalue weighted by Gasteiger charge is 2.17. The smallest absolute Gasteiger partial charge is 0.234 e. The number of anilines is 1. The molecule has 0 spiro atoms. The number of piperidine rings is 1. The van der Waals surface area contributed by atoms with Gasteiger partial charge in [0.2, 0.25) is 5.88 Å². The Bertz CT molecular complexity index is 405. The van der Waals surface area contributed by atoms with E-state index >= 15 is 0 Å². The van der Waals surface area contributed by atoms with Crippen LogP contribution in [-0.4, -0.2) is 41.7 Å². The van der Waals surface area contributed by atoms with Gasteiger partial charge in [0.1, 0.15) is 0 Å². The van der Waals surface area contributed by atoms with E-state index in [2.05, 4.69) is 27.1 Å². The van der Waals surface area contributed by atoms with Crippen LogP contribution >= 0.6 is 0 Å². The summed E-state index contributed by atoms with van der Waals surface area (Å²) in [6, 6.07) is 0.556. The Morgan fingerprint density at radius 1 is 1.40 bits per heavy atom. The van der Waals surface area contributed by atoms with E-state index < -0.39 is 0 Å². The molecule has 20 heavy (non-hydrogen) atoms. The molecule has 1 N–H and O–H groups in total. The maximum Gasteiger partial charge on any atom is 0.234 e. The van der Waals surface area contributed by atoms with Gasteiger partial charge in [-0.25, -0.2) is 0 Å². The van der Waals surface area contributed by atoms with Crippen LogP contribution < -0.4 is 15.0 Å². The maximum atomic E-state index is 5.62. The summed E-state index contributed by atoms with van der Waals surface area (Å²) in [6.45, 7) is 9.19. The topological polar surface area (TPSA) is 50.3 Å². The number of ether oxygens (including phenoxy) is 1. The molecule has 5 nitrogen and oxygen atoms in total. The van der Waals surface area contributed by atoms with Crippen molar-refractivity contribution >= 4 is 5.82 Å². The molecule has 112 valence electrons. The molecule has 0 radical (unpaired) electrons. The monoisotopic (exact) mass is 278 g/mol. The number of rotatable bonds is 6. The van der Waals surface area contributed by atoms with E-state index in [-0.39, 0.29) is 6.10 Å². The quantitative estimate of drug-likeness (QED) is 0.865. The first-order chi connectivity index (χ1) is 9.69. The van der Waals surface area contributed by atoms with Crippen LogP contribution in [-0.2, 0) is 0 Å². The zero-order valence-electron chi connectivity index (χ0n) is 12.8. The molecule has 0 aliphatic carbocycles. The van der Waals surface area contributed by atoms with Gasteiger partial charge in [-0.3, -0.25) is 4.98 Å². The predicted molar refractivity (Wildman–Crippen MR) is 81.3 cm³/mol. The lowest BCUT2D eigenvalue weighted by molar-refractivity contribution is 0.231. The molecule has 1 atom stereocenters. The fourth-order valence-corrected chi connectivity index (χ4v) is 2.52. The fourth-order valence-electron chi connectivity index (χ4n) is 2.52. The van der Waals surface area contributed by atoms with Gasteiger partial charge >= 0.3 is 0 Å². The zero-order valence-corrected chi connectivity index (χ0v) is 12.8. The van der Waals surface area contributed by atoms with E-state index in [1.807, 2.05) is 20.0 Å². The van der Waals surface area contributed by atoms with Gasteiger partial charge in [0.15, 0.2) is 5.82 Å². The molecule has 1 aliphatic rings. The van der Waals surface area contributed by atoms with Gasteiger partial charge in [0.05, 0.1) is 18.5 Å². The van der Waals surface area contributed by atoms with Crippen molar-refractivity contribution in [2.45, 2.75) is 52.2 Å². The molecular weight excluding hydrogens is 252 g/mol. The van der Waals surface area contributed by atoms with Crippen molar-refractivity contribution in [3.8, 4) is 5.88 Å². The van der Waals surface area contributed by atoms with Crippen molar-refractivity contribution in [2.24, 2.45) is 0 Å². The lowest BCUT2D eigenvalue weighted by Gasteiger charge is -2.30. The average Bonchev–Trinajstić information content (AvgIpc) is 2.45. The van der Waals surface area contributed by atoms with Crippen LogP contribution in [0.4, 0.5) is 5.82 Å². The standard InChI is InChI=1S/C15H26N4O/c1-4-19(11-13-7-5-6-8-17-13)14-9-16-10-15(18-14)20-12(2)3/h9-10,12-13,17H,4-8,11H2,1-3H3. The molecule has 2 heterocycles. The van der Waals surface area contributed by atoms with E-state index in [1.54, 1.807) is 6.20 Å². The van der Waals surface area contributed by atoms with Gasteiger partial charge in [-0.2, -0.15) is 4.98 Å². The summed E-state index contributed by atoms with van der Waals surface area (Å²) in [4.78, 5) is 11.1. The van der Waals surface area contributed by atoms with Gasteiger partial charge < -0.3 is 15.0 Å². The number of nitrogens with zero attached hydrogens (tertiary/aromatic N) is 3. The molecule has 1 unspecified atom stereocenters. The minimum atomic E-state index is 0.120. The summed E-state index contributed by atoms with van der Waals surface area (Å²) in [5, 5.41) is 3.58. The molecule has 5 heteroatoms. The SMILES string of the molecule is CCN(CC1CCCCN1)c1cncc(OC(C)C)n1. The molecule has 0 saturated carbocycles. The first-order valence-electron chi connectivity index (χ1n) is 7.66. The summed E-state index contributed by atoms with van der Waals surface area (Å²) in [5.41, 5.74) is 0. The molecule has 1 aromatic rings. The molecule has 2 rings (SSSR count). The van der Waals surface area contributed by atoms with E-state index in [0.717, 1.165) is 25.5 Å². The van der Waals surface area contributed by atoms with Gasteiger partial charge in [-0.05, 0) is 40.2 Å². The Hall–Kier alpha value is -1.36. The summed E-state index contributed by atoms with van der Waals surface area (Å²) >= 11 is 0. The van der Waals surface area contributed by atoms with Crippen molar-refractivity contribution in [2.75, 3.05) is 24.5 Å². The molecular formula is C15H26N4O. The highest BCUT2D eigenvalue weighted by Crippen LogP contribution is 2.17. The second-order valence-electron chi connectivity index (χ2n) is 5.57. The number of likely N-dealkylation sites (N-methyl/N-ethyl adjacent to an activating group) is 1. The lowest BCUT2D eigenvalue weighted by Crippen LogP contribution is -2.44. The van der Waals surface area contributed by atoms with Crippen LogP contribution in [0.1, 0.15) is 40.0 Å². The highest BCUT2D eigenvalue weighted by molar-refractivity contribution is 5.37. The van der Waals surface area contributed by atoms with Gasteiger partial charge in [0.25, 0.3) is 0 Å². The second-order valence-corrected chi connectivity index (χ2v) is 5.57. The van der Waals surface area contributed by atoms with Crippen LogP contribution in [0, 0.1) is 0 Å². The van der Waals surface area contributed by atoms with Crippen LogP contribution in [0.15, 0.2) is 12.4 Å². The van der Waals surface area contributed by atoms with E-state index in [1.165, 1.54) is 19.3 Å². The van der Waals surface area contributed by atoms with E-state index in [0.29, 0.717) is 11.9 Å². The third-order valence-corrected chi connectivity index (χ3v) is 3.52. The summed E-state index contributed by atoms with van der Waals surface area (Å²) in [5.74, 6) is 1.51. The largest absolute Gasteiger partial charge is 0.474 e. The number of hydrogen-bond acceptors (Lipinski definition) is 5. The molecule has 0 bridgehead atoms. The zero-order chi connectivity index (χ0) is 14.4. The van der Waals surface area contributed by atoms with Crippen molar-refractivity contribution in [3.05, 3.63) is 12.4 Å². The number of aromatic nitrogens is 2. The van der Waals surface area contributed by atoms with E-state index in [9.17, 15) is 0 Å². The maximum absolute atomic E-state index is 5.62. The van der Waals surface area contributed by atoms with Gasteiger partial charge in [-0.1, -0.05) is 6.42 Å². The van der Waals surface area contributed by atoms with E-state index in [4.69, 9.17) is 4.74 Å². The Balaban J connectivity index is 2.02. The number of hydrogen-bond donors (Lipinski definition) is 1. The molecule has 0 amide bonds. The van der Waals surface area contributed by atoms with Crippen LogP contribution in [0.3, 0.4) is 0 Å². The molecule has 1 aliphatic heterocycles. The molecule has 1 fully saturated rings. The van der Waals surface area contributed by atoms with Crippen molar-refractivity contribution < 1.29 is 4.74 Å². The van der Waals surface area contributed by atoms with Crippen molar-refractivity contribution in [1.82, 2.24) is 15.3 Å². The van der Waals surface area contributed by atoms with Gasteiger partial charge in [0, 0.05) is 19.1 Å². The summed E-state index contributed by atoms with van der Waals surface area (Å²) < 4.78 is 5.62. The third-order valence-electron chi connectivity index (χ3n) is 3.52. The number of nitrogens with one attached hydrogen (secondary N) is 1. The minimum Gasteiger partial charge on any atom is -0.474 e. The Morgan fingerprint density at radius 3 is 2.90 bits per heavy atom. The molecule has 1 aromatic heterocycles. The van der Waals surface area contributed by atoms with Crippen LogP contribution in [0.2, 0.25) is 0 Å². The molecule has 0 aromatic carbocycles. The lowest BCUT2D eigenvalue weighted by atomic mass is 10.0. The summed E-state index contributed by atoms with van der Waals surface area (Å²) in [7, 11) is 0. The Morgan fingerprint density at radius 2 is 2.25 bits per heavy atom. The summed E-state index contributed by atoms with van der Waals surface area (Å²) in [6.07, 6.45) is 7.47. The fraction of sp³-hybridized carbons (Fsp3) is 0.733. The second kappa shape index (κ2) is 7.43. The van der Waals surface area contributed by atoms with Crippen molar-refractivity contribution in [1.29, 1.82) is 0 Å². The normalized spacial score (nSPS) is 19.1. The Kier molecular flexibility index (Phi) is 5.59. The van der Waals surface area contributed by atoms with Crippen LogP contribution in [0.25, 0.3) is 0 Å². The minimum absolute atomic E-state index is 0.120. The first kappa shape index (κ1) is 15.0. The molecule has 1 saturated heterocycles. The van der Waals surface area contributed by atoms with Gasteiger partial charge in [-0.15, -0.1) is 0 Å². The Labute approximate surface area is 121 Å². The van der Waals surface area contributed by atoms with Crippen molar-refractivity contribution in [3.63, 3.8) is 0 Å². The average molecular weight is 278 g/mol. The predicted octanol–water partition coefficient (Wildman–Crippen LogP) is 2.23. The first-order valence-corrected chi connectivity index (χ1v) is 7.66. The van der Waals surface area contributed by atoms with Crippen LogP contribution in [0.5, 0.6) is 5.88 Å².